The highest BCUT2D eigenvalue weighted by Crippen LogP contribution is 2.27. The second-order valence-corrected chi connectivity index (χ2v) is 8.04. The van der Waals surface area contributed by atoms with Crippen molar-refractivity contribution in [1.29, 1.82) is 0 Å². The SMILES string of the molecule is C[C@H](OC(=O)[C@@H](c1ccc([N+](=O)[O-])cc1)N(CCO)Cc1ccccc1)C(=O)N1CCCC1. The van der Waals surface area contributed by atoms with Crippen molar-refractivity contribution >= 4 is 17.6 Å². The molecule has 1 fully saturated rings. The van der Waals surface area contributed by atoms with Crippen molar-refractivity contribution in [3.8, 4) is 0 Å². The van der Waals surface area contributed by atoms with Crippen LogP contribution in [0.5, 0.6) is 0 Å². The number of carbonyl (C=O) groups is 2. The molecule has 9 nitrogen and oxygen atoms in total. The van der Waals surface area contributed by atoms with Gasteiger partial charge in [0.1, 0.15) is 6.04 Å². The second-order valence-electron chi connectivity index (χ2n) is 8.04. The van der Waals surface area contributed by atoms with Crippen molar-refractivity contribution in [1.82, 2.24) is 9.80 Å². The maximum atomic E-state index is 13.3. The van der Waals surface area contributed by atoms with Gasteiger partial charge in [0.2, 0.25) is 0 Å². The van der Waals surface area contributed by atoms with Gasteiger partial charge < -0.3 is 14.7 Å². The van der Waals surface area contributed by atoms with E-state index >= 15 is 0 Å². The van der Waals surface area contributed by atoms with Crippen LogP contribution in [0.3, 0.4) is 0 Å². The fourth-order valence-electron chi connectivity index (χ4n) is 4.00. The lowest BCUT2D eigenvalue weighted by molar-refractivity contribution is -0.384. The normalized spacial score (nSPS) is 15.3. The number of aliphatic hydroxyl groups excluding tert-OH is 1. The van der Waals surface area contributed by atoms with Crippen LogP contribution in [0, 0.1) is 10.1 Å². The van der Waals surface area contributed by atoms with Gasteiger partial charge in [-0.1, -0.05) is 42.5 Å². The number of ether oxygens (including phenoxy) is 1. The number of amides is 1. The van der Waals surface area contributed by atoms with Crippen molar-refractivity contribution in [3.63, 3.8) is 0 Å². The van der Waals surface area contributed by atoms with Gasteiger partial charge >= 0.3 is 5.97 Å². The highest BCUT2D eigenvalue weighted by molar-refractivity contribution is 5.85. The Balaban J connectivity index is 1.87. The maximum Gasteiger partial charge on any atom is 0.328 e. The summed E-state index contributed by atoms with van der Waals surface area (Å²) in [6.07, 6.45) is 0.905. The van der Waals surface area contributed by atoms with Crippen molar-refractivity contribution in [2.45, 2.75) is 38.5 Å². The summed E-state index contributed by atoms with van der Waals surface area (Å²) in [5, 5.41) is 20.7. The van der Waals surface area contributed by atoms with E-state index in [0.717, 1.165) is 18.4 Å². The molecule has 0 unspecified atom stereocenters. The lowest BCUT2D eigenvalue weighted by atomic mass is 10.0. The number of hydrogen-bond acceptors (Lipinski definition) is 7. The number of hydrogen-bond donors (Lipinski definition) is 1. The Morgan fingerprint density at radius 1 is 1.12 bits per heavy atom. The molecule has 0 bridgehead atoms. The summed E-state index contributed by atoms with van der Waals surface area (Å²) >= 11 is 0. The zero-order chi connectivity index (χ0) is 23.8. The summed E-state index contributed by atoms with van der Waals surface area (Å²) in [5.74, 6) is -0.881. The smallest absolute Gasteiger partial charge is 0.328 e. The third-order valence-corrected chi connectivity index (χ3v) is 5.68. The van der Waals surface area contributed by atoms with Gasteiger partial charge in [0, 0.05) is 38.3 Å². The van der Waals surface area contributed by atoms with Crippen LogP contribution in [0.4, 0.5) is 5.69 Å². The Kier molecular flexibility index (Phi) is 8.51. The zero-order valence-electron chi connectivity index (χ0n) is 18.6. The molecule has 0 aliphatic carbocycles. The van der Waals surface area contributed by atoms with Crippen LogP contribution in [0.1, 0.15) is 36.9 Å². The van der Waals surface area contributed by atoms with E-state index in [0.29, 0.717) is 25.2 Å². The van der Waals surface area contributed by atoms with E-state index in [1.54, 1.807) is 16.7 Å². The number of aliphatic hydroxyl groups is 1. The molecule has 1 saturated heterocycles. The summed E-state index contributed by atoms with van der Waals surface area (Å²) in [6, 6.07) is 14.2. The number of benzene rings is 2. The zero-order valence-corrected chi connectivity index (χ0v) is 18.6. The standard InChI is InChI=1S/C24H29N3O6/c1-18(23(29)25-13-5-6-14-25)33-24(30)22(20-9-11-21(12-10-20)27(31)32)26(15-16-28)17-19-7-3-2-4-8-19/h2-4,7-12,18,22,28H,5-6,13-17H2,1H3/t18-,22+/m0/s1. The van der Waals surface area contributed by atoms with Crippen LogP contribution in [0.2, 0.25) is 0 Å². The lowest BCUT2D eigenvalue weighted by Crippen LogP contribution is -2.42. The molecule has 0 saturated carbocycles. The van der Waals surface area contributed by atoms with Crippen molar-refractivity contribution in [3.05, 3.63) is 75.8 Å². The molecule has 1 amide bonds. The number of rotatable bonds is 10. The van der Waals surface area contributed by atoms with Gasteiger partial charge in [-0.05, 0) is 30.9 Å². The number of nitrogens with zero attached hydrogens (tertiary/aromatic N) is 3. The highest BCUT2D eigenvalue weighted by atomic mass is 16.6. The number of carbonyl (C=O) groups excluding carboxylic acids is 2. The van der Waals surface area contributed by atoms with Crippen LogP contribution < -0.4 is 0 Å². The van der Waals surface area contributed by atoms with Crippen molar-refractivity contribution in [2.75, 3.05) is 26.2 Å². The first-order valence-electron chi connectivity index (χ1n) is 11.0. The molecule has 1 aliphatic rings. The van der Waals surface area contributed by atoms with E-state index < -0.39 is 23.0 Å². The van der Waals surface area contributed by atoms with Gasteiger partial charge in [-0.15, -0.1) is 0 Å². The fourth-order valence-corrected chi connectivity index (χ4v) is 4.00. The summed E-state index contributed by atoms with van der Waals surface area (Å²) in [6.45, 7) is 3.16. The molecule has 0 aromatic heterocycles. The minimum atomic E-state index is -0.955. The molecule has 9 heteroatoms. The number of nitro groups is 1. The van der Waals surface area contributed by atoms with E-state index in [1.807, 2.05) is 30.3 Å². The van der Waals surface area contributed by atoms with Crippen molar-refractivity contribution < 1.29 is 24.4 Å². The second kappa shape index (κ2) is 11.5. The van der Waals surface area contributed by atoms with Gasteiger partial charge in [0.05, 0.1) is 11.5 Å². The quantitative estimate of drug-likeness (QED) is 0.333. The molecule has 176 valence electrons. The summed E-state index contributed by atoms with van der Waals surface area (Å²) in [4.78, 5) is 40.0. The van der Waals surface area contributed by atoms with Gasteiger partial charge in [-0.25, -0.2) is 4.79 Å². The highest BCUT2D eigenvalue weighted by Gasteiger charge is 2.33. The summed E-state index contributed by atoms with van der Waals surface area (Å²) < 4.78 is 5.60. The lowest BCUT2D eigenvalue weighted by Gasteiger charge is -2.31. The minimum Gasteiger partial charge on any atom is -0.451 e. The van der Waals surface area contributed by atoms with Gasteiger partial charge in [-0.3, -0.25) is 19.8 Å². The van der Waals surface area contributed by atoms with E-state index in [-0.39, 0.29) is 24.7 Å². The molecule has 0 spiro atoms. The molecule has 1 N–H and O–H groups in total. The Bertz CT molecular complexity index is 944. The van der Waals surface area contributed by atoms with Gasteiger partial charge in [0.25, 0.3) is 11.6 Å². The van der Waals surface area contributed by atoms with Crippen LogP contribution in [-0.2, 0) is 20.9 Å². The largest absolute Gasteiger partial charge is 0.451 e. The third-order valence-electron chi connectivity index (χ3n) is 5.68. The minimum absolute atomic E-state index is 0.0970. The molecule has 2 atom stereocenters. The van der Waals surface area contributed by atoms with E-state index in [9.17, 15) is 24.8 Å². The molecule has 1 aliphatic heterocycles. The Labute approximate surface area is 192 Å². The predicted octanol–water partition coefficient (Wildman–Crippen LogP) is 2.68. The van der Waals surface area contributed by atoms with E-state index in [2.05, 4.69) is 0 Å². The topological polar surface area (TPSA) is 113 Å². The average Bonchev–Trinajstić information content (AvgIpc) is 3.35. The number of likely N-dealkylation sites (tertiary alicyclic amines) is 1. The van der Waals surface area contributed by atoms with Crippen LogP contribution in [-0.4, -0.2) is 64.1 Å². The molecular formula is C24H29N3O6. The molecule has 1 heterocycles. The number of esters is 1. The maximum absolute atomic E-state index is 13.3. The molecule has 2 aromatic carbocycles. The van der Waals surface area contributed by atoms with Gasteiger partial charge in [0.15, 0.2) is 6.10 Å². The van der Waals surface area contributed by atoms with Crippen LogP contribution in [0.15, 0.2) is 54.6 Å². The van der Waals surface area contributed by atoms with E-state index in [1.165, 1.54) is 24.3 Å². The summed E-state index contributed by atoms with van der Waals surface area (Å²) in [5.41, 5.74) is 1.31. The molecular weight excluding hydrogens is 426 g/mol. The number of nitro benzene ring substituents is 1. The Morgan fingerprint density at radius 2 is 1.76 bits per heavy atom. The molecule has 2 aromatic rings. The first-order chi connectivity index (χ1) is 15.9. The monoisotopic (exact) mass is 455 g/mol. The van der Waals surface area contributed by atoms with E-state index in [4.69, 9.17) is 4.74 Å². The van der Waals surface area contributed by atoms with Crippen molar-refractivity contribution in [2.24, 2.45) is 0 Å². The fraction of sp³-hybridized carbons (Fsp3) is 0.417. The predicted molar refractivity (Wildman–Crippen MR) is 121 cm³/mol. The first-order valence-corrected chi connectivity index (χ1v) is 11.0. The number of non-ortho nitro benzene ring substituents is 1. The molecule has 0 radical (unpaired) electrons. The average molecular weight is 456 g/mol. The molecule has 3 rings (SSSR count). The summed E-state index contributed by atoms with van der Waals surface area (Å²) in [7, 11) is 0. The Hall–Kier alpha value is -3.30. The first kappa shape index (κ1) is 24.3. The Morgan fingerprint density at radius 3 is 2.33 bits per heavy atom. The third kappa shape index (κ3) is 6.36. The van der Waals surface area contributed by atoms with Gasteiger partial charge in [-0.2, -0.15) is 0 Å². The van der Waals surface area contributed by atoms with Crippen LogP contribution in [0.25, 0.3) is 0 Å². The van der Waals surface area contributed by atoms with Crippen LogP contribution >= 0.6 is 0 Å². The molecule has 33 heavy (non-hydrogen) atoms.